The second kappa shape index (κ2) is 6.48. The smallest absolute Gasteiger partial charge is 0.330 e. The quantitative estimate of drug-likeness (QED) is 0.483. The van der Waals surface area contributed by atoms with Gasteiger partial charge in [0.1, 0.15) is 0 Å². The lowest BCUT2D eigenvalue weighted by Gasteiger charge is -2.19. The van der Waals surface area contributed by atoms with Crippen molar-refractivity contribution in [2.45, 2.75) is 50.6 Å². The van der Waals surface area contributed by atoms with Crippen LogP contribution in [-0.2, 0) is 9.59 Å². The van der Waals surface area contributed by atoms with Crippen molar-refractivity contribution in [3.05, 3.63) is 0 Å². The summed E-state index contributed by atoms with van der Waals surface area (Å²) in [6.07, 6.45) is 6.57. The minimum atomic E-state index is -1.14. The van der Waals surface area contributed by atoms with Crippen molar-refractivity contribution in [3.8, 4) is 0 Å². The van der Waals surface area contributed by atoms with E-state index in [1.165, 1.54) is 19.9 Å². The number of likely N-dealkylation sites (N-methyl/N-ethyl adjacent to an activating group) is 1. The molecule has 0 aromatic rings. The number of rotatable bonds is 4. The van der Waals surface area contributed by atoms with Crippen LogP contribution in [0.5, 0.6) is 0 Å². The molecule has 1 saturated carbocycles. The maximum absolute atomic E-state index is 11.6. The molecule has 0 saturated heterocycles. The molecule has 1 rings (SSSR count). The molecule has 5 nitrogen and oxygen atoms in total. The summed E-state index contributed by atoms with van der Waals surface area (Å²) in [6.45, 7) is 0. The first-order valence-corrected chi connectivity index (χ1v) is 5.85. The summed E-state index contributed by atoms with van der Waals surface area (Å²) < 4.78 is 0. The van der Waals surface area contributed by atoms with Crippen LogP contribution in [0.3, 0.4) is 0 Å². The Bertz CT molecular complexity index is 248. The summed E-state index contributed by atoms with van der Waals surface area (Å²) in [5.41, 5.74) is 0. The monoisotopic (exact) mass is 228 g/mol. The molecule has 5 heteroatoms. The Morgan fingerprint density at radius 3 is 2.19 bits per heavy atom. The van der Waals surface area contributed by atoms with Gasteiger partial charge in [-0.05, 0) is 19.9 Å². The number of carbonyl (C=O) groups excluding carboxylic acids is 1. The highest BCUT2D eigenvalue weighted by molar-refractivity contribution is 6.01. The molecule has 0 bridgehead atoms. The SMILES string of the molecule is CNC(C(=O)O)C(=O)NC1CCCCCC1. The predicted octanol–water partition coefficient (Wildman–Crippen LogP) is 0.498. The highest BCUT2D eigenvalue weighted by Gasteiger charge is 2.26. The molecule has 1 fully saturated rings. The maximum atomic E-state index is 11.6. The number of amides is 1. The number of hydrogen-bond donors (Lipinski definition) is 3. The van der Waals surface area contributed by atoms with Gasteiger partial charge in [-0.1, -0.05) is 25.7 Å². The summed E-state index contributed by atoms with van der Waals surface area (Å²) in [7, 11) is 1.48. The number of hydrogen-bond acceptors (Lipinski definition) is 3. The van der Waals surface area contributed by atoms with E-state index in [-0.39, 0.29) is 6.04 Å². The topological polar surface area (TPSA) is 78.4 Å². The van der Waals surface area contributed by atoms with E-state index in [1.54, 1.807) is 0 Å². The fraction of sp³-hybridized carbons (Fsp3) is 0.818. The van der Waals surface area contributed by atoms with Gasteiger partial charge < -0.3 is 10.4 Å². The first kappa shape index (κ1) is 13.0. The molecular formula is C11H20N2O3. The summed E-state index contributed by atoms with van der Waals surface area (Å²) in [4.78, 5) is 22.4. The van der Waals surface area contributed by atoms with Gasteiger partial charge >= 0.3 is 5.97 Å². The van der Waals surface area contributed by atoms with Crippen molar-refractivity contribution in [2.24, 2.45) is 0 Å². The lowest BCUT2D eigenvalue weighted by Crippen LogP contribution is -2.50. The minimum absolute atomic E-state index is 0.144. The maximum Gasteiger partial charge on any atom is 0.330 e. The van der Waals surface area contributed by atoms with Gasteiger partial charge in [0.25, 0.3) is 0 Å². The molecule has 1 unspecified atom stereocenters. The van der Waals surface area contributed by atoms with Crippen LogP contribution in [0.2, 0.25) is 0 Å². The minimum Gasteiger partial charge on any atom is -0.480 e. The standard InChI is InChI=1S/C11H20N2O3/c1-12-9(11(15)16)10(14)13-8-6-4-2-3-5-7-8/h8-9,12H,2-7H2,1H3,(H,13,14)(H,15,16). The number of carbonyl (C=O) groups is 2. The highest BCUT2D eigenvalue weighted by atomic mass is 16.4. The number of carboxylic acid groups (broad SMARTS) is 1. The molecule has 0 heterocycles. The Morgan fingerprint density at radius 2 is 1.75 bits per heavy atom. The molecule has 92 valence electrons. The van der Waals surface area contributed by atoms with Gasteiger partial charge in [-0.25, -0.2) is 4.79 Å². The van der Waals surface area contributed by atoms with Crippen LogP contribution in [0.25, 0.3) is 0 Å². The van der Waals surface area contributed by atoms with E-state index < -0.39 is 17.9 Å². The van der Waals surface area contributed by atoms with Crippen LogP contribution in [0.1, 0.15) is 38.5 Å². The molecule has 16 heavy (non-hydrogen) atoms. The molecule has 1 aliphatic carbocycles. The molecule has 0 aromatic carbocycles. The van der Waals surface area contributed by atoms with Gasteiger partial charge in [-0.15, -0.1) is 0 Å². The van der Waals surface area contributed by atoms with E-state index in [9.17, 15) is 9.59 Å². The van der Waals surface area contributed by atoms with Gasteiger partial charge in [0.05, 0.1) is 0 Å². The molecule has 3 N–H and O–H groups in total. The average Bonchev–Trinajstić information content (AvgIpc) is 2.46. The van der Waals surface area contributed by atoms with Crippen molar-refractivity contribution in [1.29, 1.82) is 0 Å². The average molecular weight is 228 g/mol. The second-order valence-corrected chi connectivity index (χ2v) is 4.26. The number of aliphatic carboxylic acids is 1. The Balaban J connectivity index is 2.45. The third kappa shape index (κ3) is 3.81. The van der Waals surface area contributed by atoms with E-state index in [0.717, 1.165) is 25.7 Å². The first-order chi connectivity index (χ1) is 7.65. The summed E-state index contributed by atoms with van der Waals surface area (Å²) in [6, 6.07) is -0.992. The van der Waals surface area contributed by atoms with E-state index in [1.807, 2.05) is 0 Å². The Kier molecular flexibility index (Phi) is 5.25. The van der Waals surface area contributed by atoms with Gasteiger partial charge in [0.2, 0.25) is 5.91 Å². The van der Waals surface area contributed by atoms with Crippen molar-refractivity contribution in [3.63, 3.8) is 0 Å². The highest BCUT2D eigenvalue weighted by Crippen LogP contribution is 2.17. The summed E-state index contributed by atoms with van der Waals surface area (Å²) in [5, 5.41) is 14.1. The van der Waals surface area contributed by atoms with Gasteiger partial charge in [0, 0.05) is 6.04 Å². The fourth-order valence-electron chi connectivity index (χ4n) is 2.07. The number of carboxylic acids is 1. The van der Waals surface area contributed by atoms with Crippen LogP contribution >= 0.6 is 0 Å². The molecule has 0 spiro atoms. The van der Waals surface area contributed by atoms with Gasteiger partial charge in [-0.3, -0.25) is 10.1 Å². The van der Waals surface area contributed by atoms with Crippen molar-refractivity contribution >= 4 is 11.9 Å². The zero-order valence-corrected chi connectivity index (χ0v) is 9.66. The van der Waals surface area contributed by atoms with Gasteiger partial charge in [0.15, 0.2) is 6.04 Å². The Labute approximate surface area is 95.6 Å². The third-order valence-electron chi connectivity index (χ3n) is 3.00. The predicted molar refractivity (Wildman–Crippen MR) is 60.1 cm³/mol. The van der Waals surface area contributed by atoms with Crippen molar-refractivity contribution in [1.82, 2.24) is 10.6 Å². The molecule has 0 aromatic heterocycles. The zero-order chi connectivity index (χ0) is 12.0. The van der Waals surface area contributed by atoms with Crippen molar-refractivity contribution in [2.75, 3.05) is 7.05 Å². The van der Waals surface area contributed by atoms with E-state index in [4.69, 9.17) is 5.11 Å². The fourth-order valence-corrected chi connectivity index (χ4v) is 2.07. The van der Waals surface area contributed by atoms with Crippen LogP contribution in [0, 0.1) is 0 Å². The van der Waals surface area contributed by atoms with Crippen LogP contribution < -0.4 is 10.6 Å². The number of nitrogens with one attached hydrogen (secondary N) is 2. The molecule has 1 aliphatic rings. The van der Waals surface area contributed by atoms with E-state index in [0.29, 0.717) is 0 Å². The summed E-state index contributed by atoms with van der Waals surface area (Å²) >= 11 is 0. The summed E-state index contributed by atoms with van der Waals surface area (Å²) in [5.74, 6) is -1.56. The van der Waals surface area contributed by atoms with E-state index >= 15 is 0 Å². The Hall–Kier alpha value is -1.10. The van der Waals surface area contributed by atoms with E-state index in [2.05, 4.69) is 10.6 Å². The largest absolute Gasteiger partial charge is 0.480 e. The molecule has 1 atom stereocenters. The van der Waals surface area contributed by atoms with Crippen LogP contribution in [-0.4, -0.2) is 36.1 Å². The van der Waals surface area contributed by atoms with Crippen LogP contribution in [0.15, 0.2) is 0 Å². The molecule has 0 aliphatic heterocycles. The van der Waals surface area contributed by atoms with Gasteiger partial charge in [-0.2, -0.15) is 0 Å². The zero-order valence-electron chi connectivity index (χ0n) is 9.66. The first-order valence-electron chi connectivity index (χ1n) is 5.85. The molecule has 1 amide bonds. The molecular weight excluding hydrogens is 208 g/mol. The lowest BCUT2D eigenvalue weighted by molar-refractivity contribution is -0.144. The second-order valence-electron chi connectivity index (χ2n) is 4.26. The normalized spacial score (nSPS) is 19.8. The third-order valence-corrected chi connectivity index (χ3v) is 3.00. The molecule has 0 radical (unpaired) electrons. The van der Waals surface area contributed by atoms with Crippen molar-refractivity contribution < 1.29 is 14.7 Å². The Morgan fingerprint density at radius 1 is 1.19 bits per heavy atom. The van der Waals surface area contributed by atoms with Crippen LogP contribution in [0.4, 0.5) is 0 Å². The lowest BCUT2D eigenvalue weighted by atomic mass is 10.1.